The van der Waals surface area contributed by atoms with Crippen molar-refractivity contribution in [2.75, 3.05) is 6.54 Å². The molecule has 6 heteroatoms. The van der Waals surface area contributed by atoms with Crippen LogP contribution in [0.1, 0.15) is 63.4 Å². The lowest BCUT2D eigenvalue weighted by atomic mass is 9.86. The highest BCUT2D eigenvalue weighted by molar-refractivity contribution is 5.98. The van der Waals surface area contributed by atoms with Crippen LogP contribution in [-0.4, -0.2) is 46.4 Å². The zero-order valence-electron chi connectivity index (χ0n) is 16.8. The highest BCUT2D eigenvalue weighted by Crippen LogP contribution is 2.23. The van der Waals surface area contributed by atoms with Crippen molar-refractivity contribution < 1.29 is 19.5 Å². The highest BCUT2D eigenvalue weighted by Gasteiger charge is 2.38. The van der Waals surface area contributed by atoms with E-state index in [4.69, 9.17) is 0 Å². The van der Waals surface area contributed by atoms with Crippen LogP contribution in [0.15, 0.2) is 24.3 Å². The number of benzene rings is 1. The molecular formula is C21H30N2O4. The van der Waals surface area contributed by atoms with E-state index in [1.807, 2.05) is 26.0 Å². The molecule has 148 valence electrons. The van der Waals surface area contributed by atoms with E-state index in [-0.39, 0.29) is 23.1 Å². The molecule has 0 aliphatic carbocycles. The van der Waals surface area contributed by atoms with E-state index in [9.17, 15) is 19.5 Å². The Balaban J connectivity index is 2.14. The third kappa shape index (κ3) is 4.87. The van der Waals surface area contributed by atoms with Crippen molar-refractivity contribution in [1.29, 1.82) is 0 Å². The Morgan fingerprint density at radius 1 is 1.15 bits per heavy atom. The van der Waals surface area contributed by atoms with E-state index in [0.717, 1.165) is 5.56 Å². The third-order valence-corrected chi connectivity index (χ3v) is 5.05. The lowest BCUT2D eigenvalue weighted by molar-refractivity contribution is -0.149. The van der Waals surface area contributed by atoms with Crippen LogP contribution in [0, 0.1) is 5.92 Å². The van der Waals surface area contributed by atoms with E-state index in [0.29, 0.717) is 24.9 Å². The number of carboxylic acids is 1. The number of carbonyl (C=O) groups is 3. The van der Waals surface area contributed by atoms with Gasteiger partial charge in [-0.2, -0.15) is 0 Å². The minimum Gasteiger partial charge on any atom is -0.480 e. The van der Waals surface area contributed by atoms with Gasteiger partial charge >= 0.3 is 5.97 Å². The minimum absolute atomic E-state index is 0.00691. The molecule has 2 rings (SSSR count). The molecule has 1 saturated heterocycles. The van der Waals surface area contributed by atoms with Gasteiger partial charge in [0.2, 0.25) is 5.91 Å². The van der Waals surface area contributed by atoms with Crippen molar-refractivity contribution in [3.8, 4) is 0 Å². The van der Waals surface area contributed by atoms with Crippen molar-refractivity contribution in [3.63, 3.8) is 0 Å². The minimum atomic E-state index is -0.993. The van der Waals surface area contributed by atoms with Gasteiger partial charge in [0.1, 0.15) is 12.1 Å². The largest absolute Gasteiger partial charge is 0.480 e. The first-order valence-electron chi connectivity index (χ1n) is 9.47. The summed E-state index contributed by atoms with van der Waals surface area (Å²) in [5, 5.41) is 12.1. The molecule has 1 aromatic carbocycles. The Bertz CT molecular complexity index is 704. The van der Waals surface area contributed by atoms with Crippen LogP contribution in [0.2, 0.25) is 0 Å². The molecule has 1 aliphatic heterocycles. The Hall–Kier alpha value is -2.37. The van der Waals surface area contributed by atoms with Crippen LogP contribution < -0.4 is 5.32 Å². The van der Waals surface area contributed by atoms with Crippen LogP contribution in [0.4, 0.5) is 0 Å². The molecule has 1 aliphatic rings. The van der Waals surface area contributed by atoms with Crippen LogP contribution in [0.5, 0.6) is 0 Å². The van der Waals surface area contributed by atoms with Gasteiger partial charge in [0.25, 0.3) is 5.91 Å². The number of carboxylic acid groups (broad SMARTS) is 1. The molecule has 0 radical (unpaired) electrons. The van der Waals surface area contributed by atoms with Crippen LogP contribution in [0.25, 0.3) is 0 Å². The monoisotopic (exact) mass is 374 g/mol. The average Bonchev–Trinajstić information content (AvgIpc) is 3.08. The smallest absolute Gasteiger partial charge is 0.326 e. The standard InChI is InChI=1S/C21H30N2O4/c1-13(2)17(19(25)23-12-6-7-16(23)20(26)27)22-18(24)14-8-10-15(11-9-14)21(3,4)5/h8-11,13,16-17H,6-7,12H2,1-5H3,(H,22,24)(H,26,27)/t16-,17-/m0/s1. The van der Waals surface area contributed by atoms with Gasteiger partial charge in [0.05, 0.1) is 0 Å². The molecule has 0 bridgehead atoms. The summed E-state index contributed by atoms with van der Waals surface area (Å²) in [5.41, 5.74) is 1.60. The predicted octanol–water partition coefficient (Wildman–Crippen LogP) is 2.81. The van der Waals surface area contributed by atoms with Crippen LogP contribution in [0.3, 0.4) is 0 Å². The summed E-state index contributed by atoms with van der Waals surface area (Å²) in [6.07, 6.45) is 1.11. The molecule has 6 nitrogen and oxygen atoms in total. The van der Waals surface area contributed by atoms with Gasteiger partial charge < -0.3 is 15.3 Å². The van der Waals surface area contributed by atoms with Gasteiger partial charge in [0, 0.05) is 12.1 Å². The first-order chi connectivity index (χ1) is 12.5. The molecule has 27 heavy (non-hydrogen) atoms. The molecule has 1 heterocycles. The van der Waals surface area contributed by atoms with Crippen LogP contribution in [-0.2, 0) is 15.0 Å². The molecule has 0 spiro atoms. The molecule has 0 unspecified atom stereocenters. The molecule has 1 aromatic rings. The first kappa shape index (κ1) is 20.9. The van der Waals surface area contributed by atoms with Gasteiger partial charge in [-0.3, -0.25) is 9.59 Å². The molecule has 2 N–H and O–H groups in total. The topological polar surface area (TPSA) is 86.7 Å². The maximum absolute atomic E-state index is 12.9. The maximum Gasteiger partial charge on any atom is 0.326 e. The van der Waals surface area contributed by atoms with Crippen molar-refractivity contribution in [2.24, 2.45) is 5.92 Å². The molecule has 1 fully saturated rings. The first-order valence-corrected chi connectivity index (χ1v) is 9.47. The number of aliphatic carboxylic acids is 1. The summed E-state index contributed by atoms with van der Waals surface area (Å²) in [4.78, 5) is 38.3. The van der Waals surface area contributed by atoms with E-state index in [2.05, 4.69) is 26.1 Å². The van der Waals surface area contributed by atoms with Gasteiger partial charge in [-0.05, 0) is 41.9 Å². The number of hydrogen-bond donors (Lipinski definition) is 2. The zero-order valence-corrected chi connectivity index (χ0v) is 16.8. The predicted molar refractivity (Wildman–Crippen MR) is 104 cm³/mol. The Labute approximate surface area is 160 Å². The second-order valence-electron chi connectivity index (χ2n) is 8.55. The number of carbonyl (C=O) groups excluding carboxylic acids is 2. The summed E-state index contributed by atoms with van der Waals surface area (Å²) >= 11 is 0. The fourth-order valence-corrected chi connectivity index (χ4v) is 3.33. The summed E-state index contributed by atoms with van der Waals surface area (Å²) in [7, 11) is 0. The average molecular weight is 374 g/mol. The van der Waals surface area contributed by atoms with E-state index >= 15 is 0 Å². The third-order valence-electron chi connectivity index (χ3n) is 5.05. The van der Waals surface area contributed by atoms with Gasteiger partial charge in [-0.15, -0.1) is 0 Å². The lowest BCUT2D eigenvalue weighted by Gasteiger charge is -2.29. The maximum atomic E-state index is 12.9. The Kier molecular flexibility index (Phi) is 6.29. The summed E-state index contributed by atoms with van der Waals surface area (Å²) in [6, 6.07) is 5.80. The van der Waals surface area contributed by atoms with E-state index in [1.165, 1.54) is 4.90 Å². The van der Waals surface area contributed by atoms with Gasteiger partial charge in [-0.1, -0.05) is 46.8 Å². The van der Waals surface area contributed by atoms with Crippen molar-refractivity contribution in [3.05, 3.63) is 35.4 Å². The van der Waals surface area contributed by atoms with Crippen molar-refractivity contribution >= 4 is 17.8 Å². The molecule has 2 atom stereocenters. The summed E-state index contributed by atoms with van der Waals surface area (Å²) in [5.74, 6) is -1.79. The zero-order chi connectivity index (χ0) is 20.4. The van der Waals surface area contributed by atoms with E-state index < -0.39 is 18.1 Å². The second kappa shape index (κ2) is 8.11. The second-order valence-corrected chi connectivity index (χ2v) is 8.55. The number of likely N-dealkylation sites (tertiary alicyclic amines) is 1. The number of amides is 2. The van der Waals surface area contributed by atoms with Crippen molar-refractivity contribution in [1.82, 2.24) is 10.2 Å². The summed E-state index contributed by atoms with van der Waals surface area (Å²) < 4.78 is 0. The number of rotatable bonds is 5. The Morgan fingerprint density at radius 3 is 2.22 bits per heavy atom. The number of hydrogen-bond acceptors (Lipinski definition) is 3. The highest BCUT2D eigenvalue weighted by atomic mass is 16.4. The fraction of sp³-hybridized carbons (Fsp3) is 0.571. The van der Waals surface area contributed by atoms with Crippen molar-refractivity contribution in [2.45, 2.75) is 65.0 Å². The van der Waals surface area contributed by atoms with Gasteiger partial charge in [-0.25, -0.2) is 4.79 Å². The quantitative estimate of drug-likeness (QED) is 0.830. The number of nitrogens with zero attached hydrogens (tertiary/aromatic N) is 1. The summed E-state index contributed by atoms with van der Waals surface area (Å²) in [6.45, 7) is 10.4. The molecular weight excluding hydrogens is 344 g/mol. The lowest BCUT2D eigenvalue weighted by Crippen LogP contribution is -2.53. The normalized spacial score (nSPS) is 18.4. The van der Waals surface area contributed by atoms with Crippen LogP contribution >= 0.6 is 0 Å². The molecule has 0 saturated carbocycles. The van der Waals surface area contributed by atoms with E-state index in [1.54, 1.807) is 12.1 Å². The molecule has 0 aromatic heterocycles. The SMILES string of the molecule is CC(C)[C@H](NC(=O)c1ccc(C(C)(C)C)cc1)C(=O)N1CCC[C@H]1C(=O)O. The number of nitrogens with one attached hydrogen (secondary N) is 1. The fourth-order valence-electron chi connectivity index (χ4n) is 3.33. The Morgan fingerprint density at radius 2 is 1.74 bits per heavy atom. The molecule has 2 amide bonds. The van der Waals surface area contributed by atoms with Gasteiger partial charge in [0.15, 0.2) is 0 Å².